The van der Waals surface area contributed by atoms with Crippen molar-refractivity contribution in [2.24, 2.45) is 0 Å². The zero-order valence-corrected chi connectivity index (χ0v) is 11.9. The summed E-state index contributed by atoms with van der Waals surface area (Å²) in [5, 5.41) is 6.36. The predicted octanol–water partition coefficient (Wildman–Crippen LogP) is 0.481. The molecule has 0 amide bonds. The highest BCUT2D eigenvalue weighted by Crippen LogP contribution is 2.11. The van der Waals surface area contributed by atoms with Crippen molar-refractivity contribution in [3.8, 4) is 0 Å². The lowest BCUT2D eigenvalue weighted by atomic mass is 10.4. The van der Waals surface area contributed by atoms with Crippen LogP contribution in [0.4, 0.5) is 17.6 Å². The van der Waals surface area contributed by atoms with E-state index in [0.717, 1.165) is 44.4 Å². The third-order valence-electron chi connectivity index (χ3n) is 2.58. The lowest BCUT2D eigenvalue weighted by molar-refractivity contribution is 0.163. The molecule has 0 atom stereocenters. The number of anilines is 3. The van der Waals surface area contributed by atoms with Gasteiger partial charge in [-0.1, -0.05) is 0 Å². The molecule has 108 valence electrons. The van der Waals surface area contributed by atoms with Gasteiger partial charge < -0.3 is 26.0 Å². The van der Waals surface area contributed by atoms with E-state index in [2.05, 4.69) is 32.5 Å². The fourth-order valence-corrected chi connectivity index (χ4v) is 1.56. The number of rotatable bonds is 9. The lowest BCUT2D eigenvalue weighted by Gasteiger charge is -2.16. The number of hydrogen-bond donors (Lipinski definition) is 3. The van der Waals surface area contributed by atoms with Crippen molar-refractivity contribution in [1.82, 2.24) is 14.9 Å². The normalized spacial score (nSPS) is 10.7. The Balaban J connectivity index is 2.40. The molecule has 1 heterocycles. The highest BCUT2D eigenvalue weighted by molar-refractivity contribution is 5.50. The molecule has 7 heteroatoms. The second kappa shape index (κ2) is 8.49. The van der Waals surface area contributed by atoms with Crippen LogP contribution in [-0.4, -0.2) is 61.8 Å². The number of methoxy groups -OCH3 is 1. The largest absolute Gasteiger partial charge is 0.383 e. The van der Waals surface area contributed by atoms with E-state index >= 15 is 0 Å². The Morgan fingerprint density at radius 1 is 1.26 bits per heavy atom. The Morgan fingerprint density at radius 3 is 2.58 bits per heavy atom. The number of nitrogens with zero attached hydrogens (tertiary/aromatic N) is 3. The first-order chi connectivity index (χ1) is 9.15. The average molecular weight is 268 g/mol. The maximum absolute atomic E-state index is 5.66. The predicted molar refractivity (Wildman–Crippen MR) is 78.5 cm³/mol. The summed E-state index contributed by atoms with van der Waals surface area (Å²) in [6.07, 6.45) is 0. The monoisotopic (exact) mass is 268 g/mol. The first-order valence-electron chi connectivity index (χ1n) is 6.45. The highest BCUT2D eigenvalue weighted by atomic mass is 16.5. The molecule has 0 aliphatic rings. The number of nitrogen functional groups attached to an aromatic ring is 1. The van der Waals surface area contributed by atoms with E-state index < -0.39 is 0 Å². The molecule has 1 aromatic rings. The maximum Gasteiger partial charge on any atom is 0.223 e. The van der Waals surface area contributed by atoms with Crippen LogP contribution < -0.4 is 16.4 Å². The Labute approximate surface area is 114 Å². The number of ether oxygens (including phenoxy) is 1. The van der Waals surface area contributed by atoms with E-state index in [0.29, 0.717) is 0 Å². The minimum atomic E-state index is 0.272. The van der Waals surface area contributed by atoms with Crippen LogP contribution in [0.2, 0.25) is 0 Å². The van der Waals surface area contributed by atoms with Crippen molar-refractivity contribution in [3.05, 3.63) is 6.07 Å². The second-order valence-electron chi connectivity index (χ2n) is 4.25. The van der Waals surface area contributed by atoms with Crippen LogP contribution >= 0.6 is 0 Å². The minimum Gasteiger partial charge on any atom is -0.383 e. The molecule has 0 unspecified atom stereocenters. The number of aromatic nitrogens is 2. The van der Waals surface area contributed by atoms with Crippen molar-refractivity contribution in [2.75, 3.05) is 63.3 Å². The summed E-state index contributed by atoms with van der Waals surface area (Å²) in [5.41, 5.74) is 5.66. The molecule has 0 bridgehead atoms. The smallest absolute Gasteiger partial charge is 0.223 e. The minimum absolute atomic E-state index is 0.272. The van der Waals surface area contributed by atoms with Gasteiger partial charge in [0.1, 0.15) is 11.6 Å². The molecule has 4 N–H and O–H groups in total. The van der Waals surface area contributed by atoms with Crippen LogP contribution in [0.3, 0.4) is 0 Å². The van der Waals surface area contributed by atoms with E-state index in [1.807, 2.05) is 13.0 Å². The van der Waals surface area contributed by atoms with Crippen LogP contribution in [-0.2, 0) is 4.74 Å². The van der Waals surface area contributed by atoms with Crippen molar-refractivity contribution in [2.45, 2.75) is 6.92 Å². The highest BCUT2D eigenvalue weighted by Gasteiger charge is 2.02. The first kappa shape index (κ1) is 15.5. The molecule has 0 fully saturated rings. The molecule has 0 spiro atoms. The number of likely N-dealkylation sites (N-methyl/N-ethyl adjacent to an activating group) is 1. The molecule has 0 aliphatic carbocycles. The molecular formula is C12H24N6O. The molecular weight excluding hydrogens is 244 g/mol. The second-order valence-corrected chi connectivity index (χ2v) is 4.25. The van der Waals surface area contributed by atoms with Crippen LogP contribution in [0, 0.1) is 0 Å². The van der Waals surface area contributed by atoms with Crippen molar-refractivity contribution in [3.63, 3.8) is 0 Å². The summed E-state index contributed by atoms with van der Waals surface area (Å²) in [6.45, 7) is 6.16. The summed E-state index contributed by atoms with van der Waals surface area (Å²) in [4.78, 5) is 10.4. The van der Waals surface area contributed by atoms with Gasteiger partial charge in [-0.25, -0.2) is 0 Å². The lowest BCUT2D eigenvalue weighted by Crippen LogP contribution is -2.28. The van der Waals surface area contributed by atoms with Crippen molar-refractivity contribution >= 4 is 17.6 Å². The number of hydrogen-bond acceptors (Lipinski definition) is 7. The molecule has 1 aromatic heterocycles. The standard InChI is InChI=1S/C12H24N6O/c1-4-14-10-9-11(17-12(13)16-10)15-5-6-18(2)7-8-19-3/h9H,4-8H2,1-3H3,(H4,13,14,15,16,17). The molecule has 0 saturated carbocycles. The summed E-state index contributed by atoms with van der Waals surface area (Å²) in [5.74, 6) is 1.75. The molecule has 19 heavy (non-hydrogen) atoms. The third kappa shape index (κ3) is 6.21. The van der Waals surface area contributed by atoms with E-state index in [1.165, 1.54) is 0 Å². The first-order valence-corrected chi connectivity index (χ1v) is 6.45. The Bertz CT molecular complexity index is 373. The van der Waals surface area contributed by atoms with E-state index in [9.17, 15) is 0 Å². The number of nitrogens with one attached hydrogen (secondary N) is 2. The van der Waals surface area contributed by atoms with E-state index in [-0.39, 0.29) is 5.95 Å². The van der Waals surface area contributed by atoms with Gasteiger partial charge in [-0.15, -0.1) is 0 Å². The van der Waals surface area contributed by atoms with Gasteiger partial charge >= 0.3 is 0 Å². The topological polar surface area (TPSA) is 88.3 Å². The summed E-state index contributed by atoms with van der Waals surface area (Å²) < 4.78 is 5.03. The molecule has 0 aliphatic heterocycles. The molecule has 7 nitrogen and oxygen atoms in total. The van der Waals surface area contributed by atoms with Crippen LogP contribution in [0.1, 0.15) is 6.92 Å². The van der Waals surface area contributed by atoms with Crippen LogP contribution in [0.5, 0.6) is 0 Å². The zero-order valence-electron chi connectivity index (χ0n) is 11.9. The maximum atomic E-state index is 5.66. The van der Waals surface area contributed by atoms with Gasteiger partial charge in [0, 0.05) is 39.4 Å². The van der Waals surface area contributed by atoms with E-state index in [4.69, 9.17) is 10.5 Å². The molecule has 0 aromatic carbocycles. The summed E-state index contributed by atoms with van der Waals surface area (Å²) >= 11 is 0. The average Bonchev–Trinajstić information content (AvgIpc) is 2.36. The number of nitrogens with two attached hydrogens (primary N) is 1. The van der Waals surface area contributed by atoms with Crippen LogP contribution in [0.25, 0.3) is 0 Å². The Morgan fingerprint density at radius 2 is 1.95 bits per heavy atom. The van der Waals surface area contributed by atoms with Gasteiger partial charge in [-0.3, -0.25) is 0 Å². The van der Waals surface area contributed by atoms with Gasteiger partial charge in [0.05, 0.1) is 6.61 Å². The fourth-order valence-electron chi connectivity index (χ4n) is 1.56. The van der Waals surface area contributed by atoms with Crippen molar-refractivity contribution in [1.29, 1.82) is 0 Å². The fraction of sp³-hybridized carbons (Fsp3) is 0.667. The quantitative estimate of drug-likeness (QED) is 0.600. The van der Waals surface area contributed by atoms with Gasteiger partial charge in [0.25, 0.3) is 0 Å². The summed E-state index contributed by atoms with van der Waals surface area (Å²) in [7, 11) is 3.76. The Kier molecular flexibility index (Phi) is 6.91. The third-order valence-corrected chi connectivity index (χ3v) is 2.58. The van der Waals surface area contributed by atoms with Gasteiger partial charge in [0.15, 0.2) is 0 Å². The molecule has 0 saturated heterocycles. The van der Waals surface area contributed by atoms with Gasteiger partial charge in [0.2, 0.25) is 5.95 Å². The Hall–Kier alpha value is -1.60. The molecule has 0 radical (unpaired) electrons. The van der Waals surface area contributed by atoms with Crippen molar-refractivity contribution < 1.29 is 4.74 Å². The summed E-state index contributed by atoms with van der Waals surface area (Å²) in [6, 6.07) is 1.86. The van der Waals surface area contributed by atoms with Crippen LogP contribution in [0.15, 0.2) is 6.07 Å². The van der Waals surface area contributed by atoms with Gasteiger partial charge in [-0.05, 0) is 14.0 Å². The molecule has 1 rings (SSSR count). The van der Waals surface area contributed by atoms with Gasteiger partial charge in [-0.2, -0.15) is 9.97 Å². The SMILES string of the molecule is CCNc1cc(NCCN(C)CCOC)nc(N)n1. The van der Waals surface area contributed by atoms with E-state index in [1.54, 1.807) is 7.11 Å². The zero-order chi connectivity index (χ0) is 14.1.